The summed E-state index contributed by atoms with van der Waals surface area (Å²) in [6, 6.07) is 0. The van der Waals surface area contributed by atoms with E-state index in [2.05, 4.69) is 18.9 Å². The number of hydrogen-bond donors (Lipinski definition) is 0. The van der Waals surface area contributed by atoms with Crippen LogP contribution in [-0.4, -0.2) is 24.9 Å². The lowest BCUT2D eigenvalue weighted by Crippen LogP contribution is -2.45. The van der Waals surface area contributed by atoms with Gasteiger partial charge in [0.15, 0.2) is 0 Å². The van der Waals surface area contributed by atoms with Crippen molar-refractivity contribution < 1.29 is 80.4 Å². The fraction of sp³-hybridized carbons (Fsp3) is 0.500. The van der Waals surface area contributed by atoms with Crippen molar-refractivity contribution in [1.82, 2.24) is 0 Å². The van der Waals surface area contributed by atoms with Gasteiger partial charge in [0.1, 0.15) is 0 Å². The van der Waals surface area contributed by atoms with Gasteiger partial charge < -0.3 is 18.9 Å². The predicted molar refractivity (Wildman–Crippen MR) is 44.8 cm³/mol. The largest absolute Gasteiger partial charge is 0.575 e. The van der Waals surface area contributed by atoms with Crippen molar-refractivity contribution >= 4 is 0 Å². The Kier molecular flexibility index (Phi) is 6.86. The first kappa shape index (κ1) is 23.7. The van der Waals surface area contributed by atoms with Crippen molar-refractivity contribution in [2.24, 2.45) is 0 Å². The lowest BCUT2D eigenvalue weighted by atomic mass is 10.5. The Bertz CT molecular complexity index is 500. The van der Waals surface area contributed by atoms with Crippen molar-refractivity contribution in [2.45, 2.75) is 24.9 Å². The molecule has 0 aromatic heterocycles. The molecule has 26 heavy (non-hydrogen) atoms. The van der Waals surface area contributed by atoms with Gasteiger partial charge in [-0.05, 0) is 0 Å². The molecule has 18 heteroatoms. The number of halogens is 14. The van der Waals surface area contributed by atoms with E-state index < -0.39 is 49.0 Å². The van der Waals surface area contributed by atoms with E-state index in [0.29, 0.717) is 0 Å². The van der Waals surface area contributed by atoms with Crippen LogP contribution in [0.3, 0.4) is 0 Å². The number of hydrogen-bond acceptors (Lipinski definition) is 4. The van der Waals surface area contributed by atoms with E-state index in [-0.39, 0.29) is 0 Å². The van der Waals surface area contributed by atoms with Crippen LogP contribution in [0.5, 0.6) is 0 Å². The van der Waals surface area contributed by atoms with E-state index in [9.17, 15) is 61.5 Å². The van der Waals surface area contributed by atoms with E-state index in [4.69, 9.17) is 0 Å². The van der Waals surface area contributed by atoms with E-state index in [1.54, 1.807) is 0 Å². The molecule has 0 heterocycles. The molecule has 0 fully saturated rings. The third-order valence-corrected chi connectivity index (χ3v) is 1.51. The average molecular weight is 426 g/mol. The number of rotatable bonds is 7. The molecule has 154 valence electrons. The topological polar surface area (TPSA) is 36.9 Å². The van der Waals surface area contributed by atoms with Crippen LogP contribution in [0.4, 0.5) is 61.5 Å². The fourth-order valence-corrected chi connectivity index (χ4v) is 0.758. The lowest BCUT2D eigenvalue weighted by molar-refractivity contribution is -0.447. The molecule has 0 radical (unpaired) electrons. The van der Waals surface area contributed by atoms with Gasteiger partial charge >= 0.3 is 49.0 Å². The molecule has 0 aliphatic rings. The second kappa shape index (κ2) is 7.52. The van der Waals surface area contributed by atoms with Crippen molar-refractivity contribution in [3.8, 4) is 0 Å². The van der Waals surface area contributed by atoms with E-state index in [1.165, 1.54) is 0 Å². The fourth-order valence-electron chi connectivity index (χ4n) is 0.758. The summed E-state index contributed by atoms with van der Waals surface area (Å²) in [4.78, 5) is 0. The molecule has 0 saturated carbocycles. The molecule has 0 aliphatic carbocycles. The molecule has 0 aromatic carbocycles. The highest BCUT2D eigenvalue weighted by Crippen LogP contribution is 2.42. The Hall–Kier alpha value is -2.30. The van der Waals surface area contributed by atoms with Crippen LogP contribution in [0, 0.1) is 0 Å². The van der Waals surface area contributed by atoms with E-state index >= 15 is 0 Å². The van der Waals surface area contributed by atoms with Gasteiger partial charge in [0.2, 0.25) is 0 Å². The van der Waals surface area contributed by atoms with Gasteiger partial charge in [-0.15, -0.1) is 26.3 Å². The van der Waals surface area contributed by atoms with Crippen molar-refractivity contribution in [3.63, 3.8) is 0 Å². The van der Waals surface area contributed by atoms with Crippen molar-refractivity contribution in [3.05, 3.63) is 24.1 Å². The molecule has 0 amide bonds. The highest BCUT2D eigenvalue weighted by atomic mass is 19.4. The van der Waals surface area contributed by atoms with Crippen LogP contribution in [-0.2, 0) is 18.9 Å². The summed E-state index contributed by atoms with van der Waals surface area (Å²) < 4.78 is 178. The molecule has 0 spiro atoms. The van der Waals surface area contributed by atoms with Gasteiger partial charge in [-0.2, -0.15) is 35.1 Å². The summed E-state index contributed by atoms with van der Waals surface area (Å²) in [7, 11) is 0. The number of alkyl halides is 10. The molecule has 4 nitrogen and oxygen atoms in total. The van der Waals surface area contributed by atoms with Crippen molar-refractivity contribution in [2.75, 3.05) is 0 Å². The van der Waals surface area contributed by atoms with Gasteiger partial charge in [0.25, 0.3) is 0 Å². The van der Waals surface area contributed by atoms with Crippen LogP contribution in [0.2, 0.25) is 0 Å². The molecule has 0 unspecified atom stereocenters. The smallest absolute Gasteiger partial charge is 0.389 e. The maximum Gasteiger partial charge on any atom is 0.575 e. The highest BCUT2D eigenvalue weighted by molar-refractivity contribution is 4.90. The molecule has 0 atom stereocenters. The number of ether oxygens (including phenoxy) is 4. The van der Waals surface area contributed by atoms with Crippen molar-refractivity contribution in [1.29, 1.82) is 0 Å². The first-order valence-electron chi connectivity index (χ1n) is 5.03. The quantitative estimate of drug-likeness (QED) is 0.403. The van der Waals surface area contributed by atoms with E-state index in [0.717, 1.165) is 0 Å². The Morgan fingerprint density at radius 1 is 0.423 bits per heavy atom. The summed E-state index contributed by atoms with van der Waals surface area (Å²) in [5.74, 6) is -7.12. The Labute approximate surface area is 131 Å². The standard InChI is InChI=1S/C8F14O4/c9-1(10)3(25-7(17,18)19)23-5(13,14)6(15,16)24-4(2(11)12)26-8(20,21)22. The summed E-state index contributed by atoms with van der Waals surface area (Å²) in [6.07, 6.45) is -33.4. The Morgan fingerprint density at radius 3 is 0.808 bits per heavy atom. The van der Waals surface area contributed by atoms with Gasteiger partial charge in [0, 0.05) is 0 Å². The Morgan fingerprint density at radius 2 is 0.654 bits per heavy atom. The molecule has 0 bridgehead atoms. The molecule has 0 rings (SSSR count). The normalized spacial score (nSPS) is 13.0. The minimum Gasteiger partial charge on any atom is -0.389 e. The second-order valence-corrected chi connectivity index (χ2v) is 3.43. The SMILES string of the molecule is FC(F)=C(OC(F)(F)F)OC(F)(F)C(F)(F)OC(OC(F)(F)F)=C(F)F. The third-order valence-electron chi connectivity index (χ3n) is 1.51. The molecular formula is C8F14O4. The van der Waals surface area contributed by atoms with Gasteiger partial charge in [-0.25, -0.2) is 0 Å². The molecule has 0 N–H and O–H groups in total. The molecule has 0 saturated heterocycles. The van der Waals surface area contributed by atoms with Gasteiger partial charge in [-0.3, -0.25) is 0 Å². The van der Waals surface area contributed by atoms with Crippen LogP contribution >= 0.6 is 0 Å². The molecule has 0 aromatic rings. The first-order valence-corrected chi connectivity index (χ1v) is 5.03. The Balaban J connectivity index is 5.60. The minimum absolute atomic E-state index is 2.13. The summed E-state index contributed by atoms with van der Waals surface area (Å²) in [5.41, 5.74) is 0. The molecular weight excluding hydrogens is 426 g/mol. The zero-order valence-corrected chi connectivity index (χ0v) is 10.9. The summed E-state index contributed by atoms with van der Waals surface area (Å²) >= 11 is 0. The monoisotopic (exact) mass is 426 g/mol. The maximum atomic E-state index is 12.9. The third kappa shape index (κ3) is 7.72. The lowest BCUT2D eigenvalue weighted by Gasteiger charge is -2.26. The van der Waals surface area contributed by atoms with Crippen LogP contribution < -0.4 is 0 Å². The highest BCUT2D eigenvalue weighted by Gasteiger charge is 2.66. The zero-order valence-electron chi connectivity index (χ0n) is 10.9. The zero-order chi connectivity index (χ0) is 21.1. The van der Waals surface area contributed by atoms with Gasteiger partial charge in [0.05, 0.1) is 0 Å². The minimum atomic E-state index is -6.67. The first-order chi connectivity index (χ1) is 11.3. The van der Waals surface area contributed by atoms with Crippen LogP contribution in [0.15, 0.2) is 24.1 Å². The summed E-state index contributed by atoms with van der Waals surface area (Å²) in [5, 5.41) is 0. The van der Waals surface area contributed by atoms with E-state index in [1.807, 2.05) is 0 Å². The van der Waals surface area contributed by atoms with Gasteiger partial charge in [-0.1, -0.05) is 0 Å². The second-order valence-electron chi connectivity index (χ2n) is 3.43. The predicted octanol–water partition coefficient (Wildman–Crippen LogP) is 5.41. The average Bonchev–Trinajstić information content (AvgIpc) is 2.32. The maximum absolute atomic E-state index is 12.9. The van der Waals surface area contributed by atoms with Crippen LogP contribution in [0.25, 0.3) is 0 Å². The van der Waals surface area contributed by atoms with Crippen LogP contribution in [0.1, 0.15) is 0 Å². The summed E-state index contributed by atoms with van der Waals surface area (Å²) in [6.45, 7) is 0. The molecule has 0 aliphatic heterocycles.